The summed E-state index contributed by atoms with van der Waals surface area (Å²) in [6.07, 6.45) is 3.15. The molecule has 0 radical (unpaired) electrons. The molecule has 154 valence electrons. The van der Waals surface area contributed by atoms with E-state index in [9.17, 15) is 9.59 Å². The molecule has 1 N–H and O–H groups in total. The van der Waals surface area contributed by atoms with Crippen molar-refractivity contribution in [3.05, 3.63) is 54.1 Å². The van der Waals surface area contributed by atoms with Gasteiger partial charge in [-0.25, -0.2) is 9.78 Å². The number of morpholine rings is 2. The molecule has 1 aromatic carbocycles. The lowest BCUT2D eigenvalue weighted by atomic mass is 10.1. The highest BCUT2D eigenvalue weighted by molar-refractivity contribution is 5.92. The quantitative estimate of drug-likeness (QED) is 0.826. The third kappa shape index (κ3) is 4.25. The van der Waals surface area contributed by atoms with Crippen molar-refractivity contribution in [3.63, 3.8) is 0 Å². The number of hydrogen-bond donors (Lipinski definition) is 1. The highest BCUT2D eigenvalue weighted by Gasteiger charge is 2.44. The number of rotatable bonds is 3. The molecule has 1 spiro atoms. The fraction of sp³-hybridized carbons (Fsp3) is 0.450. The monoisotopic (exact) mass is 399 g/mol. The van der Waals surface area contributed by atoms with Crippen LogP contribution in [0.3, 0.4) is 0 Å². The number of nitrogens with one attached hydrogen (secondary N) is 1. The maximum absolute atomic E-state index is 12.8. The Kier molecular flexibility index (Phi) is 5.50. The summed E-state index contributed by atoms with van der Waals surface area (Å²) in [5, 5.41) is 2.94. The van der Waals surface area contributed by atoms with Crippen LogP contribution in [0.25, 0.3) is 0 Å². The maximum atomic E-state index is 12.8. The van der Waals surface area contributed by atoms with E-state index in [1.165, 1.54) is 0 Å². The lowest BCUT2D eigenvalue weighted by Gasteiger charge is -2.47. The van der Waals surface area contributed by atoms with Crippen molar-refractivity contribution in [2.45, 2.75) is 12.3 Å². The molecular weight excluding hydrogens is 374 g/mol. The Morgan fingerprint density at radius 1 is 1.10 bits per heavy atom. The van der Waals surface area contributed by atoms with Crippen LogP contribution in [-0.4, -0.2) is 76.5 Å². The first-order valence-corrected chi connectivity index (χ1v) is 9.66. The summed E-state index contributed by atoms with van der Waals surface area (Å²) >= 11 is 0. The van der Waals surface area contributed by atoms with Crippen molar-refractivity contribution < 1.29 is 19.1 Å². The van der Waals surface area contributed by atoms with Crippen LogP contribution in [0.15, 0.2) is 42.9 Å². The number of imidazole rings is 1. The number of carbonyl (C=O) groups excluding carboxylic acids is 2. The van der Waals surface area contributed by atoms with Gasteiger partial charge in [-0.15, -0.1) is 0 Å². The van der Waals surface area contributed by atoms with Crippen LogP contribution in [0.2, 0.25) is 0 Å². The minimum absolute atomic E-state index is 0.123. The Bertz CT molecular complexity index is 867. The molecule has 2 saturated heterocycles. The largest absolute Gasteiger partial charge is 0.345 e. The molecule has 29 heavy (non-hydrogen) atoms. The summed E-state index contributed by atoms with van der Waals surface area (Å²) in [6, 6.07) is 9.58. The molecule has 2 aliphatic heterocycles. The third-order valence-corrected chi connectivity index (χ3v) is 5.21. The Balaban J connectivity index is 1.39. The molecule has 2 aromatic rings. The van der Waals surface area contributed by atoms with Crippen LogP contribution < -0.4 is 5.32 Å². The summed E-state index contributed by atoms with van der Waals surface area (Å²) in [5.41, 5.74) is 1.54. The van der Waals surface area contributed by atoms with Gasteiger partial charge in [-0.3, -0.25) is 4.79 Å². The summed E-state index contributed by atoms with van der Waals surface area (Å²) < 4.78 is 13.5. The summed E-state index contributed by atoms with van der Waals surface area (Å²) in [5.74, 6) is -1.13. The predicted octanol–water partition coefficient (Wildman–Crippen LogP) is 0.831. The first kappa shape index (κ1) is 19.4. The molecule has 9 heteroatoms. The van der Waals surface area contributed by atoms with Crippen LogP contribution in [0.5, 0.6) is 0 Å². The van der Waals surface area contributed by atoms with Gasteiger partial charge < -0.3 is 29.2 Å². The van der Waals surface area contributed by atoms with Gasteiger partial charge in [-0.2, -0.15) is 0 Å². The second-order valence-electron chi connectivity index (χ2n) is 7.29. The van der Waals surface area contributed by atoms with Gasteiger partial charge in [0, 0.05) is 26.7 Å². The smallest absolute Gasteiger partial charge is 0.317 e. The van der Waals surface area contributed by atoms with Gasteiger partial charge in [-0.05, 0) is 5.56 Å². The third-order valence-electron chi connectivity index (χ3n) is 5.21. The molecule has 1 atom stereocenters. The van der Waals surface area contributed by atoms with E-state index in [1.807, 2.05) is 30.3 Å². The number of ether oxygens (including phenoxy) is 2. The van der Waals surface area contributed by atoms with Gasteiger partial charge in [0.25, 0.3) is 5.91 Å². The van der Waals surface area contributed by atoms with Gasteiger partial charge in [0.1, 0.15) is 5.69 Å². The van der Waals surface area contributed by atoms with E-state index in [0.29, 0.717) is 38.5 Å². The molecule has 0 saturated carbocycles. The van der Waals surface area contributed by atoms with Crippen molar-refractivity contribution in [1.29, 1.82) is 0 Å². The lowest BCUT2D eigenvalue weighted by molar-refractivity contribution is -0.281. The van der Waals surface area contributed by atoms with E-state index < -0.39 is 5.79 Å². The maximum Gasteiger partial charge on any atom is 0.317 e. The molecule has 9 nitrogen and oxygen atoms in total. The van der Waals surface area contributed by atoms with Gasteiger partial charge in [0.05, 0.1) is 38.8 Å². The molecular formula is C20H25N5O4. The highest BCUT2D eigenvalue weighted by atomic mass is 16.7. The molecule has 3 amide bonds. The van der Waals surface area contributed by atoms with Crippen molar-refractivity contribution in [1.82, 2.24) is 24.7 Å². The summed E-state index contributed by atoms with van der Waals surface area (Å²) in [7, 11) is 1.78. The minimum Gasteiger partial charge on any atom is -0.345 e. The number of aromatic nitrogens is 2. The lowest BCUT2D eigenvalue weighted by Crippen LogP contribution is -2.64. The first-order chi connectivity index (χ1) is 14.1. The van der Waals surface area contributed by atoms with Gasteiger partial charge in [0.2, 0.25) is 5.79 Å². The Morgan fingerprint density at radius 2 is 1.79 bits per heavy atom. The molecule has 1 aromatic heterocycles. The number of aryl methyl sites for hydroxylation is 1. The van der Waals surface area contributed by atoms with Gasteiger partial charge in [0.15, 0.2) is 0 Å². The van der Waals surface area contributed by atoms with Gasteiger partial charge in [-0.1, -0.05) is 30.3 Å². The van der Waals surface area contributed by atoms with Crippen LogP contribution in [0.4, 0.5) is 4.79 Å². The zero-order chi connectivity index (χ0) is 20.3. The fourth-order valence-electron chi connectivity index (χ4n) is 3.65. The zero-order valence-electron chi connectivity index (χ0n) is 16.4. The highest BCUT2D eigenvalue weighted by Crippen LogP contribution is 2.25. The molecule has 2 fully saturated rings. The molecule has 0 aliphatic carbocycles. The van der Waals surface area contributed by atoms with Crippen molar-refractivity contribution in [3.8, 4) is 0 Å². The molecule has 1 unspecified atom stereocenters. The number of nitrogens with zero attached hydrogens (tertiary/aromatic N) is 4. The van der Waals surface area contributed by atoms with Gasteiger partial charge >= 0.3 is 6.03 Å². The average molecular weight is 399 g/mol. The van der Waals surface area contributed by atoms with Crippen LogP contribution in [0, 0.1) is 0 Å². The second-order valence-corrected chi connectivity index (χ2v) is 7.29. The second kappa shape index (κ2) is 8.22. The van der Waals surface area contributed by atoms with E-state index >= 15 is 0 Å². The topological polar surface area (TPSA) is 88.9 Å². The number of benzene rings is 1. The number of carbonyl (C=O) groups is 2. The van der Waals surface area contributed by atoms with Crippen LogP contribution >= 0.6 is 0 Å². The Hall–Kier alpha value is -2.91. The van der Waals surface area contributed by atoms with Crippen molar-refractivity contribution >= 4 is 11.9 Å². The summed E-state index contributed by atoms with van der Waals surface area (Å²) in [4.78, 5) is 32.9. The van der Waals surface area contributed by atoms with E-state index in [2.05, 4.69) is 10.3 Å². The van der Waals surface area contributed by atoms with Crippen LogP contribution in [-0.2, 0) is 23.1 Å². The minimum atomic E-state index is -1.01. The average Bonchev–Trinajstić information content (AvgIpc) is 3.18. The first-order valence-electron chi connectivity index (χ1n) is 9.66. The van der Waals surface area contributed by atoms with E-state index in [4.69, 9.17) is 9.47 Å². The predicted molar refractivity (Wildman–Crippen MR) is 104 cm³/mol. The molecule has 2 aliphatic rings. The van der Waals surface area contributed by atoms with E-state index in [1.54, 1.807) is 33.9 Å². The number of urea groups is 1. The van der Waals surface area contributed by atoms with Crippen LogP contribution in [0.1, 0.15) is 16.1 Å². The standard InChI is InChI=1S/C20H25N5O4/c1-23-15-21-12-17(23)18(26)24-7-9-28-20(13-24)14-25(8-10-29-20)19(27)22-11-16-5-3-2-4-6-16/h2-6,12,15H,7-11,13-14H2,1H3,(H,22,27). The fourth-order valence-corrected chi connectivity index (χ4v) is 3.65. The molecule has 4 rings (SSSR count). The zero-order valence-corrected chi connectivity index (χ0v) is 16.4. The Morgan fingerprint density at radius 3 is 2.48 bits per heavy atom. The number of amides is 3. The van der Waals surface area contributed by atoms with E-state index in [0.717, 1.165) is 5.56 Å². The normalized spacial score (nSPS) is 22.0. The van der Waals surface area contributed by atoms with E-state index in [-0.39, 0.29) is 25.0 Å². The number of hydrogen-bond acceptors (Lipinski definition) is 5. The Labute approximate surface area is 169 Å². The molecule has 0 bridgehead atoms. The van der Waals surface area contributed by atoms with Crippen molar-refractivity contribution in [2.24, 2.45) is 7.05 Å². The molecule has 3 heterocycles. The SMILES string of the molecule is Cn1cncc1C(=O)N1CCOC2(CN(C(=O)NCc3ccccc3)CCO2)C1. The van der Waals surface area contributed by atoms with Crippen molar-refractivity contribution in [2.75, 3.05) is 39.4 Å². The summed E-state index contributed by atoms with van der Waals surface area (Å²) in [6.45, 7) is 2.63.